The molecule has 2 aromatic heterocycles. The minimum Gasteiger partial charge on any atom is -0.618 e. The largest absolute Gasteiger partial charge is 0.618 e. The topological polar surface area (TPSA) is 93.9 Å². The number of hydrogen-bond acceptors (Lipinski definition) is 4. The van der Waals surface area contributed by atoms with Crippen LogP contribution in [0.25, 0.3) is 11.3 Å². The Morgan fingerprint density at radius 2 is 2.10 bits per heavy atom. The zero-order valence-corrected chi connectivity index (χ0v) is 17.5. The number of aromatic nitrogens is 3. The third-order valence-electron chi connectivity index (χ3n) is 5.08. The number of aromatic amines is 1. The Hall–Kier alpha value is -2.87. The van der Waals surface area contributed by atoms with Crippen LogP contribution in [0, 0.1) is 11.1 Å². The highest BCUT2D eigenvalue weighted by molar-refractivity contribution is 9.10. The van der Waals surface area contributed by atoms with E-state index >= 15 is 0 Å². The van der Waals surface area contributed by atoms with Crippen LogP contribution in [0.3, 0.4) is 0 Å². The summed E-state index contributed by atoms with van der Waals surface area (Å²) in [6.07, 6.45) is 6.11. The maximum Gasteiger partial charge on any atom is 0.411 e. The highest BCUT2D eigenvalue weighted by Crippen LogP contribution is 2.40. The number of carbonyl (C=O) groups excluding carboxylic acids is 1. The Morgan fingerprint density at radius 1 is 1.34 bits per heavy atom. The van der Waals surface area contributed by atoms with E-state index in [9.17, 15) is 10.0 Å². The molecule has 1 fully saturated rings. The van der Waals surface area contributed by atoms with Gasteiger partial charge in [0.05, 0.1) is 23.5 Å². The zero-order valence-electron chi connectivity index (χ0n) is 15.9. The number of rotatable bonds is 6. The van der Waals surface area contributed by atoms with Crippen LogP contribution in [0.2, 0.25) is 0 Å². The Bertz CT molecular complexity index is 1020. The van der Waals surface area contributed by atoms with Gasteiger partial charge in [-0.1, -0.05) is 25.0 Å². The number of nitrogens with zero attached hydrogens (tertiary/aromatic N) is 2. The molecule has 0 bridgehead atoms. The Labute approximate surface area is 176 Å². The first-order valence-electron chi connectivity index (χ1n) is 9.42. The monoisotopic (exact) mass is 456 g/mol. The van der Waals surface area contributed by atoms with E-state index in [4.69, 9.17) is 0 Å². The lowest BCUT2D eigenvalue weighted by Gasteiger charge is -2.14. The van der Waals surface area contributed by atoms with Crippen LogP contribution in [0.5, 0.6) is 0 Å². The van der Waals surface area contributed by atoms with Gasteiger partial charge in [-0.05, 0) is 52.0 Å². The Kier molecular flexibility index (Phi) is 5.53. The fraction of sp³-hybridized carbons (Fsp3) is 0.286. The number of nitrogens with one attached hydrogen (secondary N) is 2. The van der Waals surface area contributed by atoms with Crippen LogP contribution in [-0.2, 0) is 4.74 Å². The summed E-state index contributed by atoms with van der Waals surface area (Å²) in [5.41, 5.74) is 3.14. The highest BCUT2D eigenvalue weighted by Gasteiger charge is 2.32. The predicted octanol–water partition coefficient (Wildman–Crippen LogP) is 4.58. The first-order valence-corrected chi connectivity index (χ1v) is 10.2. The molecule has 150 valence electrons. The van der Waals surface area contributed by atoms with E-state index in [2.05, 4.69) is 36.0 Å². The van der Waals surface area contributed by atoms with Crippen molar-refractivity contribution in [2.75, 3.05) is 12.4 Å². The molecule has 1 amide bonds. The summed E-state index contributed by atoms with van der Waals surface area (Å²) < 4.78 is 6.27. The van der Waals surface area contributed by atoms with Gasteiger partial charge in [-0.25, -0.2) is 9.78 Å². The average molecular weight is 457 g/mol. The van der Waals surface area contributed by atoms with Gasteiger partial charge in [0.15, 0.2) is 6.20 Å². The van der Waals surface area contributed by atoms with Crippen LogP contribution in [-0.4, -0.2) is 23.2 Å². The number of pyridine rings is 1. The van der Waals surface area contributed by atoms with Crippen molar-refractivity contribution in [2.24, 2.45) is 5.92 Å². The van der Waals surface area contributed by atoms with Gasteiger partial charge in [0.2, 0.25) is 5.69 Å². The van der Waals surface area contributed by atoms with E-state index in [1.165, 1.54) is 26.1 Å². The molecule has 1 unspecified atom stereocenters. The summed E-state index contributed by atoms with van der Waals surface area (Å²) in [6, 6.07) is 11.1. The minimum atomic E-state index is -0.509. The first kappa shape index (κ1) is 19.4. The van der Waals surface area contributed by atoms with Crippen LogP contribution in [0.15, 0.2) is 53.3 Å². The Balaban J connectivity index is 1.59. The molecule has 0 aliphatic heterocycles. The number of benzene rings is 1. The zero-order chi connectivity index (χ0) is 20.4. The van der Waals surface area contributed by atoms with Crippen molar-refractivity contribution in [1.82, 2.24) is 9.97 Å². The van der Waals surface area contributed by atoms with Crippen molar-refractivity contribution in [3.8, 4) is 11.3 Å². The van der Waals surface area contributed by atoms with Crippen molar-refractivity contribution in [3.63, 3.8) is 0 Å². The van der Waals surface area contributed by atoms with Gasteiger partial charge >= 0.3 is 6.09 Å². The van der Waals surface area contributed by atoms with Gasteiger partial charge in [0, 0.05) is 11.8 Å². The van der Waals surface area contributed by atoms with Crippen molar-refractivity contribution < 1.29 is 14.3 Å². The SMILES string of the molecule is COC(=O)Nc1ccc(-c2cnc(C(CC3CC3)c3ccc(Br)c[n+]3[O-])[nH]2)cc1. The normalized spacial score (nSPS) is 14.4. The van der Waals surface area contributed by atoms with Crippen LogP contribution < -0.4 is 10.0 Å². The molecule has 1 aliphatic carbocycles. The fourth-order valence-electron chi connectivity index (χ4n) is 3.36. The molecule has 1 atom stereocenters. The molecular weight excluding hydrogens is 436 g/mol. The molecule has 0 radical (unpaired) electrons. The molecule has 1 aromatic carbocycles. The van der Waals surface area contributed by atoms with Gasteiger partial charge < -0.3 is 14.9 Å². The standard InChI is InChI=1S/C21H21BrN4O3/c1-29-21(27)24-16-7-4-14(5-8-16)18-11-23-20(25-18)17(10-13-2-3-13)19-9-6-15(22)12-26(19)28/h4-9,11-13,17H,2-3,10H2,1H3,(H,23,25)(H,24,27). The molecule has 1 aliphatic rings. The quantitative estimate of drug-likeness (QED) is 0.419. The molecule has 8 heteroatoms. The van der Waals surface area contributed by atoms with Gasteiger partial charge in [-0.3, -0.25) is 5.32 Å². The summed E-state index contributed by atoms with van der Waals surface area (Å²) in [5, 5.41) is 15.1. The number of imidazole rings is 1. The number of methoxy groups -OCH3 is 1. The van der Waals surface area contributed by atoms with E-state index < -0.39 is 6.09 Å². The number of anilines is 1. The fourth-order valence-corrected chi connectivity index (χ4v) is 3.68. The third-order valence-corrected chi connectivity index (χ3v) is 5.55. The maximum absolute atomic E-state index is 12.5. The van der Waals surface area contributed by atoms with E-state index in [1.54, 1.807) is 18.3 Å². The lowest BCUT2D eigenvalue weighted by Crippen LogP contribution is -2.34. The minimum absolute atomic E-state index is 0.0814. The lowest BCUT2D eigenvalue weighted by atomic mass is 9.97. The van der Waals surface area contributed by atoms with Crippen molar-refractivity contribution >= 4 is 27.7 Å². The number of amides is 1. The van der Waals surface area contributed by atoms with Gasteiger partial charge in [-0.15, -0.1) is 0 Å². The smallest absolute Gasteiger partial charge is 0.411 e. The third kappa shape index (κ3) is 4.59. The predicted molar refractivity (Wildman–Crippen MR) is 112 cm³/mol. The second kappa shape index (κ2) is 8.24. The highest BCUT2D eigenvalue weighted by atomic mass is 79.9. The van der Waals surface area contributed by atoms with E-state index in [-0.39, 0.29) is 5.92 Å². The summed E-state index contributed by atoms with van der Waals surface area (Å²) in [6.45, 7) is 0. The number of halogens is 1. The second-order valence-electron chi connectivity index (χ2n) is 7.21. The van der Waals surface area contributed by atoms with Gasteiger partial charge in [0.1, 0.15) is 11.7 Å². The van der Waals surface area contributed by atoms with Crippen molar-refractivity contribution in [3.05, 3.63) is 70.0 Å². The van der Waals surface area contributed by atoms with Crippen LogP contribution >= 0.6 is 15.9 Å². The maximum atomic E-state index is 12.5. The molecule has 3 aromatic rings. The number of ether oxygens (including phenoxy) is 1. The molecular formula is C21H21BrN4O3. The molecule has 1 saturated carbocycles. The van der Waals surface area contributed by atoms with Crippen molar-refractivity contribution in [2.45, 2.75) is 25.2 Å². The number of H-pyrrole nitrogens is 1. The lowest BCUT2D eigenvalue weighted by molar-refractivity contribution is -0.615. The molecule has 7 nitrogen and oxygen atoms in total. The van der Waals surface area contributed by atoms with Crippen LogP contribution in [0.4, 0.5) is 10.5 Å². The van der Waals surface area contributed by atoms with E-state index in [0.29, 0.717) is 17.3 Å². The summed E-state index contributed by atoms with van der Waals surface area (Å²) in [7, 11) is 1.32. The van der Waals surface area contributed by atoms with Gasteiger partial charge in [-0.2, -0.15) is 4.73 Å². The molecule has 4 rings (SSSR count). The molecule has 0 saturated heterocycles. The molecule has 0 spiro atoms. The van der Waals surface area contributed by atoms with Crippen molar-refractivity contribution in [1.29, 1.82) is 0 Å². The Morgan fingerprint density at radius 3 is 2.76 bits per heavy atom. The molecule has 2 heterocycles. The molecule has 2 N–H and O–H groups in total. The average Bonchev–Trinajstić information content (AvgIpc) is 3.40. The summed E-state index contributed by atoms with van der Waals surface area (Å²) in [4.78, 5) is 19.3. The second-order valence-corrected chi connectivity index (χ2v) is 8.12. The number of hydrogen-bond donors (Lipinski definition) is 2. The molecule has 29 heavy (non-hydrogen) atoms. The van der Waals surface area contributed by atoms with E-state index in [1.807, 2.05) is 24.3 Å². The number of carbonyl (C=O) groups is 1. The first-order chi connectivity index (χ1) is 14.0. The van der Waals surface area contributed by atoms with E-state index in [0.717, 1.165) is 32.7 Å². The van der Waals surface area contributed by atoms with Gasteiger partial charge in [0.25, 0.3) is 0 Å². The van der Waals surface area contributed by atoms with Crippen LogP contribution in [0.1, 0.15) is 36.7 Å². The summed E-state index contributed by atoms with van der Waals surface area (Å²) in [5.74, 6) is 1.35. The summed E-state index contributed by atoms with van der Waals surface area (Å²) >= 11 is 3.35.